The van der Waals surface area contributed by atoms with Crippen molar-refractivity contribution in [3.05, 3.63) is 35.9 Å². The van der Waals surface area contributed by atoms with Crippen molar-refractivity contribution in [3.8, 4) is 0 Å². The summed E-state index contributed by atoms with van der Waals surface area (Å²) in [4.78, 5) is 13.9. The van der Waals surface area contributed by atoms with Gasteiger partial charge in [0.05, 0.1) is 6.10 Å². The van der Waals surface area contributed by atoms with E-state index >= 15 is 0 Å². The molecule has 0 saturated carbocycles. The predicted molar refractivity (Wildman–Crippen MR) is 79.5 cm³/mol. The Balaban J connectivity index is 1.74. The number of urea groups is 1. The van der Waals surface area contributed by atoms with Gasteiger partial charge in [-0.1, -0.05) is 30.3 Å². The van der Waals surface area contributed by atoms with Gasteiger partial charge < -0.3 is 15.3 Å². The Morgan fingerprint density at radius 3 is 2.90 bits per heavy atom. The fourth-order valence-electron chi connectivity index (χ4n) is 2.66. The monoisotopic (exact) mass is 276 g/mol. The normalized spacial score (nSPS) is 20.5. The van der Waals surface area contributed by atoms with E-state index in [9.17, 15) is 9.90 Å². The van der Waals surface area contributed by atoms with E-state index in [1.165, 1.54) is 5.56 Å². The number of amides is 2. The van der Waals surface area contributed by atoms with Crippen molar-refractivity contribution in [1.29, 1.82) is 0 Å². The number of nitrogens with one attached hydrogen (secondary N) is 1. The minimum atomic E-state index is -0.338. The molecule has 0 aromatic heterocycles. The maximum atomic E-state index is 12.1. The van der Waals surface area contributed by atoms with Crippen LogP contribution in [0.25, 0.3) is 0 Å². The van der Waals surface area contributed by atoms with Crippen LogP contribution in [0, 0.1) is 5.92 Å². The second kappa shape index (κ2) is 7.29. The van der Waals surface area contributed by atoms with Crippen LogP contribution in [-0.2, 0) is 6.42 Å². The first-order chi connectivity index (χ1) is 9.66. The van der Waals surface area contributed by atoms with Crippen LogP contribution in [0.4, 0.5) is 4.79 Å². The van der Waals surface area contributed by atoms with Gasteiger partial charge in [-0.05, 0) is 31.7 Å². The third-order valence-corrected chi connectivity index (χ3v) is 3.96. The minimum absolute atomic E-state index is 0.00807. The van der Waals surface area contributed by atoms with Crippen molar-refractivity contribution in [2.75, 3.05) is 19.6 Å². The van der Waals surface area contributed by atoms with Gasteiger partial charge in [-0.2, -0.15) is 0 Å². The molecule has 2 rings (SSSR count). The summed E-state index contributed by atoms with van der Waals surface area (Å²) in [5.74, 6) is 0.212. The molecule has 4 heteroatoms. The van der Waals surface area contributed by atoms with Gasteiger partial charge in [0, 0.05) is 25.6 Å². The lowest BCUT2D eigenvalue weighted by Crippen LogP contribution is -2.47. The molecule has 4 nitrogen and oxygen atoms in total. The van der Waals surface area contributed by atoms with E-state index in [-0.39, 0.29) is 18.1 Å². The fraction of sp³-hybridized carbons (Fsp3) is 0.562. The zero-order chi connectivity index (χ0) is 14.4. The molecule has 1 heterocycles. The number of carbonyl (C=O) groups excluding carboxylic acids is 1. The molecule has 1 saturated heterocycles. The van der Waals surface area contributed by atoms with Crippen LogP contribution in [0.1, 0.15) is 25.3 Å². The van der Waals surface area contributed by atoms with Gasteiger partial charge in [-0.25, -0.2) is 4.79 Å². The van der Waals surface area contributed by atoms with E-state index < -0.39 is 0 Å². The van der Waals surface area contributed by atoms with Gasteiger partial charge in [-0.15, -0.1) is 0 Å². The van der Waals surface area contributed by atoms with Gasteiger partial charge >= 0.3 is 6.03 Å². The summed E-state index contributed by atoms with van der Waals surface area (Å²) in [6.45, 7) is 3.91. The van der Waals surface area contributed by atoms with Gasteiger partial charge in [0.25, 0.3) is 0 Å². The molecular formula is C16H24N2O2. The number of hydrogen-bond donors (Lipinski definition) is 2. The summed E-state index contributed by atoms with van der Waals surface area (Å²) in [5, 5.41) is 12.6. The quantitative estimate of drug-likeness (QED) is 0.884. The summed E-state index contributed by atoms with van der Waals surface area (Å²) in [5.41, 5.74) is 1.23. The van der Waals surface area contributed by atoms with E-state index in [1.54, 1.807) is 0 Å². The first-order valence-corrected chi connectivity index (χ1v) is 7.41. The topological polar surface area (TPSA) is 52.6 Å². The molecule has 110 valence electrons. The Morgan fingerprint density at radius 2 is 2.20 bits per heavy atom. The Morgan fingerprint density at radius 1 is 1.45 bits per heavy atom. The summed E-state index contributed by atoms with van der Waals surface area (Å²) in [7, 11) is 0. The predicted octanol–water partition coefficient (Wildman–Crippen LogP) is 2.03. The molecule has 20 heavy (non-hydrogen) atoms. The highest BCUT2D eigenvalue weighted by atomic mass is 16.3. The smallest absolute Gasteiger partial charge is 0.317 e. The number of benzene rings is 1. The molecule has 0 aliphatic carbocycles. The molecule has 2 unspecified atom stereocenters. The van der Waals surface area contributed by atoms with Gasteiger partial charge in [0.2, 0.25) is 0 Å². The van der Waals surface area contributed by atoms with E-state index in [2.05, 4.69) is 17.4 Å². The molecule has 0 spiro atoms. The van der Waals surface area contributed by atoms with Crippen LogP contribution in [-0.4, -0.2) is 41.8 Å². The third-order valence-electron chi connectivity index (χ3n) is 3.96. The van der Waals surface area contributed by atoms with Gasteiger partial charge in [0.15, 0.2) is 0 Å². The van der Waals surface area contributed by atoms with E-state index in [4.69, 9.17) is 0 Å². The number of nitrogens with zero attached hydrogens (tertiary/aromatic N) is 1. The summed E-state index contributed by atoms with van der Waals surface area (Å²) in [6, 6.07) is 10.1. The molecule has 2 atom stereocenters. The summed E-state index contributed by atoms with van der Waals surface area (Å²) < 4.78 is 0. The van der Waals surface area contributed by atoms with Crippen LogP contribution in [0.3, 0.4) is 0 Å². The third kappa shape index (κ3) is 4.23. The maximum Gasteiger partial charge on any atom is 0.317 e. The van der Waals surface area contributed by atoms with Crippen LogP contribution in [0.2, 0.25) is 0 Å². The van der Waals surface area contributed by atoms with Crippen LogP contribution in [0.5, 0.6) is 0 Å². The highest BCUT2D eigenvalue weighted by molar-refractivity contribution is 5.74. The minimum Gasteiger partial charge on any atom is -0.393 e. The molecule has 2 amide bonds. The molecule has 1 fully saturated rings. The standard InChI is InChI=1S/C16H24N2O2/c1-13(19)15-8-5-11-18(12-15)16(20)17-10-9-14-6-3-2-4-7-14/h2-4,6-7,13,15,19H,5,8-12H2,1H3,(H,17,20). The second-order valence-electron chi connectivity index (χ2n) is 5.56. The summed E-state index contributed by atoms with van der Waals surface area (Å²) >= 11 is 0. The molecule has 1 aromatic carbocycles. The van der Waals surface area contributed by atoms with Gasteiger partial charge in [-0.3, -0.25) is 0 Å². The second-order valence-corrected chi connectivity index (χ2v) is 5.56. The number of aliphatic hydroxyl groups is 1. The number of rotatable bonds is 4. The van der Waals surface area contributed by atoms with Crippen molar-refractivity contribution in [3.63, 3.8) is 0 Å². The van der Waals surface area contributed by atoms with Crippen molar-refractivity contribution in [1.82, 2.24) is 10.2 Å². The maximum absolute atomic E-state index is 12.1. The number of carbonyl (C=O) groups is 1. The zero-order valence-corrected chi connectivity index (χ0v) is 12.1. The number of likely N-dealkylation sites (tertiary alicyclic amines) is 1. The summed E-state index contributed by atoms with van der Waals surface area (Å²) in [6.07, 6.45) is 2.49. The van der Waals surface area contributed by atoms with E-state index in [0.717, 1.165) is 25.8 Å². The largest absolute Gasteiger partial charge is 0.393 e. The van der Waals surface area contributed by atoms with Crippen molar-refractivity contribution >= 4 is 6.03 Å². The highest BCUT2D eigenvalue weighted by Gasteiger charge is 2.26. The van der Waals surface area contributed by atoms with Crippen LogP contribution < -0.4 is 5.32 Å². The average molecular weight is 276 g/mol. The van der Waals surface area contributed by atoms with Crippen LogP contribution in [0.15, 0.2) is 30.3 Å². The van der Waals surface area contributed by atoms with Crippen LogP contribution >= 0.6 is 0 Å². The van der Waals surface area contributed by atoms with Crippen molar-refractivity contribution in [2.24, 2.45) is 5.92 Å². The SMILES string of the molecule is CC(O)C1CCCN(C(=O)NCCc2ccccc2)C1. The molecule has 0 radical (unpaired) electrons. The first-order valence-electron chi connectivity index (χ1n) is 7.41. The molecule has 0 bridgehead atoms. The Kier molecular flexibility index (Phi) is 5.41. The number of piperidine rings is 1. The number of aliphatic hydroxyl groups excluding tert-OH is 1. The molecule has 1 aliphatic rings. The lowest BCUT2D eigenvalue weighted by Gasteiger charge is -2.34. The van der Waals surface area contributed by atoms with Crippen molar-refractivity contribution in [2.45, 2.75) is 32.3 Å². The lowest BCUT2D eigenvalue weighted by atomic mass is 9.94. The number of hydrogen-bond acceptors (Lipinski definition) is 2. The lowest BCUT2D eigenvalue weighted by molar-refractivity contribution is 0.0740. The highest BCUT2D eigenvalue weighted by Crippen LogP contribution is 2.19. The first kappa shape index (κ1) is 14.9. The fourth-order valence-corrected chi connectivity index (χ4v) is 2.66. The Hall–Kier alpha value is -1.55. The van der Waals surface area contributed by atoms with Crippen molar-refractivity contribution < 1.29 is 9.90 Å². The molecular weight excluding hydrogens is 252 g/mol. The van der Waals surface area contributed by atoms with E-state index in [0.29, 0.717) is 13.1 Å². The Labute approximate surface area is 120 Å². The zero-order valence-electron chi connectivity index (χ0n) is 12.1. The molecule has 2 N–H and O–H groups in total. The molecule has 1 aliphatic heterocycles. The van der Waals surface area contributed by atoms with E-state index in [1.807, 2.05) is 30.0 Å². The van der Waals surface area contributed by atoms with Gasteiger partial charge in [0.1, 0.15) is 0 Å². The average Bonchev–Trinajstić information content (AvgIpc) is 2.48. The molecule has 1 aromatic rings. The Bertz CT molecular complexity index is 420.